The van der Waals surface area contributed by atoms with Crippen molar-refractivity contribution in [3.05, 3.63) is 41.0 Å². The predicted molar refractivity (Wildman–Crippen MR) is 47.1 cm³/mol. The molecule has 1 atom stereocenters. The third-order valence-electron chi connectivity index (χ3n) is 2.08. The van der Waals surface area contributed by atoms with Crippen molar-refractivity contribution >= 4 is 6.08 Å². The van der Waals surface area contributed by atoms with Crippen LogP contribution in [0.1, 0.15) is 22.7 Å². The van der Waals surface area contributed by atoms with Gasteiger partial charge in [-0.15, -0.1) is 0 Å². The van der Waals surface area contributed by atoms with Crippen LogP contribution in [0, 0.1) is 6.92 Å². The van der Waals surface area contributed by atoms with Crippen molar-refractivity contribution in [2.45, 2.75) is 13.0 Å². The maximum absolute atomic E-state index is 5.81. The Morgan fingerprint density at radius 3 is 3.00 bits per heavy atom. The second kappa shape index (κ2) is 2.21. The van der Waals surface area contributed by atoms with Crippen LogP contribution in [0.3, 0.4) is 0 Å². The molecule has 1 aromatic carbocycles. The summed E-state index contributed by atoms with van der Waals surface area (Å²) in [5, 5.41) is 0. The molecule has 0 spiro atoms. The van der Waals surface area contributed by atoms with Gasteiger partial charge in [0.1, 0.15) is 0 Å². The molecule has 0 amide bonds. The topological polar surface area (TPSA) is 26.0 Å². The van der Waals surface area contributed by atoms with E-state index in [1.54, 1.807) is 0 Å². The third kappa shape index (κ3) is 0.976. The van der Waals surface area contributed by atoms with E-state index in [-0.39, 0.29) is 6.04 Å². The molecule has 1 nitrogen and oxygen atoms in total. The standard InChI is InChI=1S/C10H11N/c1-7-2-4-9-8(6-7)3-5-10(9)11/h2-6,10H,11H2,1H3. The molecular formula is C10H11N. The number of rotatable bonds is 0. The van der Waals surface area contributed by atoms with Gasteiger partial charge < -0.3 is 5.73 Å². The summed E-state index contributed by atoms with van der Waals surface area (Å²) < 4.78 is 0. The molecule has 1 unspecified atom stereocenters. The molecule has 0 aliphatic heterocycles. The molecule has 1 aromatic rings. The van der Waals surface area contributed by atoms with Gasteiger partial charge in [0.25, 0.3) is 0 Å². The molecule has 0 aromatic heterocycles. The lowest BCUT2D eigenvalue weighted by atomic mass is 10.1. The van der Waals surface area contributed by atoms with Crippen LogP contribution < -0.4 is 5.73 Å². The van der Waals surface area contributed by atoms with Crippen molar-refractivity contribution in [1.29, 1.82) is 0 Å². The lowest BCUT2D eigenvalue weighted by Crippen LogP contribution is -2.04. The summed E-state index contributed by atoms with van der Waals surface area (Å²) in [5.74, 6) is 0. The molecule has 0 radical (unpaired) electrons. The molecule has 0 bridgehead atoms. The van der Waals surface area contributed by atoms with Gasteiger partial charge in [0.15, 0.2) is 0 Å². The van der Waals surface area contributed by atoms with Crippen LogP contribution in [0.15, 0.2) is 24.3 Å². The van der Waals surface area contributed by atoms with Gasteiger partial charge in [-0.25, -0.2) is 0 Å². The lowest BCUT2D eigenvalue weighted by molar-refractivity contribution is 0.930. The second-order valence-corrected chi connectivity index (χ2v) is 3.02. The summed E-state index contributed by atoms with van der Waals surface area (Å²) in [4.78, 5) is 0. The highest BCUT2D eigenvalue weighted by Crippen LogP contribution is 2.26. The monoisotopic (exact) mass is 145 g/mol. The molecule has 0 heterocycles. The van der Waals surface area contributed by atoms with E-state index < -0.39 is 0 Å². The Labute approximate surface area is 66.5 Å². The molecule has 0 saturated heterocycles. The van der Waals surface area contributed by atoms with E-state index in [4.69, 9.17) is 5.73 Å². The fourth-order valence-corrected chi connectivity index (χ4v) is 1.45. The highest BCUT2D eigenvalue weighted by molar-refractivity contribution is 5.62. The van der Waals surface area contributed by atoms with Crippen LogP contribution in [-0.4, -0.2) is 0 Å². The predicted octanol–water partition coefficient (Wildman–Crippen LogP) is 2.02. The quantitative estimate of drug-likeness (QED) is 0.593. The van der Waals surface area contributed by atoms with E-state index in [0.29, 0.717) is 0 Å². The summed E-state index contributed by atoms with van der Waals surface area (Å²) in [7, 11) is 0. The Hall–Kier alpha value is -1.08. The van der Waals surface area contributed by atoms with Gasteiger partial charge in [-0.3, -0.25) is 0 Å². The molecule has 1 heteroatoms. The van der Waals surface area contributed by atoms with Gasteiger partial charge in [-0.05, 0) is 18.1 Å². The smallest absolute Gasteiger partial charge is 0.0490 e. The lowest BCUT2D eigenvalue weighted by Gasteiger charge is -2.04. The minimum absolute atomic E-state index is 0.116. The molecule has 1 aliphatic carbocycles. The highest BCUT2D eigenvalue weighted by Gasteiger charge is 2.11. The van der Waals surface area contributed by atoms with Crippen LogP contribution in [0.2, 0.25) is 0 Å². The zero-order chi connectivity index (χ0) is 7.84. The van der Waals surface area contributed by atoms with Crippen LogP contribution in [0.5, 0.6) is 0 Å². The Morgan fingerprint density at radius 2 is 2.18 bits per heavy atom. The van der Waals surface area contributed by atoms with Crippen molar-refractivity contribution in [3.63, 3.8) is 0 Å². The number of benzene rings is 1. The number of fused-ring (bicyclic) bond motifs is 1. The van der Waals surface area contributed by atoms with Crippen LogP contribution in [-0.2, 0) is 0 Å². The number of aryl methyl sites for hydroxylation is 1. The summed E-state index contributed by atoms with van der Waals surface area (Å²) in [6.07, 6.45) is 4.12. The zero-order valence-electron chi connectivity index (χ0n) is 6.54. The maximum Gasteiger partial charge on any atom is 0.0490 e. The molecule has 56 valence electrons. The van der Waals surface area contributed by atoms with Crippen molar-refractivity contribution in [2.75, 3.05) is 0 Å². The Morgan fingerprint density at radius 1 is 1.36 bits per heavy atom. The number of nitrogens with two attached hydrogens (primary N) is 1. The fourth-order valence-electron chi connectivity index (χ4n) is 1.45. The van der Waals surface area contributed by atoms with E-state index in [0.717, 1.165) is 0 Å². The van der Waals surface area contributed by atoms with E-state index in [1.807, 2.05) is 6.08 Å². The van der Waals surface area contributed by atoms with Crippen molar-refractivity contribution in [1.82, 2.24) is 0 Å². The van der Waals surface area contributed by atoms with Gasteiger partial charge in [0.2, 0.25) is 0 Å². The van der Waals surface area contributed by atoms with E-state index >= 15 is 0 Å². The largest absolute Gasteiger partial charge is 0.321 e. The van der Waals surface area contributed by atoms with Gasteiger partial charge in [0, 0.05) is 6.04 Å². The highest BCUT2D eigenvalue weighted by atomic mass is 14.6. The first-order valence-corrected chi connectivity index (χ1v) is 3.82. The molecule has 0 saturated carbocycles. The normalized spacial score (nSPS) is 20.4. The first-order chi connectivity index (χ1) is 5.27. The Balaban J connectivity index is 2.58. The average Bonchev–Trinajstić information content (AvgIpc) is 2.32. The summed E-state index contributed by atoms with van der Waals surface area (Å²) in [6.45, 7) is 2.10. The fraction of sp³-hybridized carbons (Fsp3) is 0.200. The van der Waals surface area contributed by atoms with Crippen LogP contribution >= 0.6 is 0 Å². The summed E-state index contributed by atoms with van der Waals surface area (Å²) >= 11 is 0. The van der Waals surface area contributed by atoms with Gasteiger partial charge in [-0.1, -0.05) is 35.9 Å². The first-order valence-electron chi connectivity index (χ1n) is 3.82. The van der Waals surface area contributed by atoms with Crippen molar-refractivity contribution in [3.8, 4) is 0 Å². The van der Waals surface area contributed by atoms with Gasteiger partial charge in [-0.2, -0.15) is 0 Å². The SMILES string of the molecule is Cc1ccc2c(c1)C=CC2N. The van der Waals surface area contributed by atoms with Gasteiger partial charge in [0.05, 0.1) is 0 Å². The Bertz CT molecular complexity index is 313. The molecule has 11 heavy (non-hydrogen) atoms. The number of hydrogen-bond donors (Lipinski definition) is 1. The average molecular weight is 145 g/mol. The van der Waals surface area contributed by atoms with E-state index in [9.17, 15) is 0 Å². The third-order valence-corrected chi connectivity index (χ3v) is 2.08. The van der Waals surface area contributed by atoms with Crippen LogP contribution in [0.4, 0.5) is 0 Å². The van der Waals surface area contributed by atoms with Crippen LogP contribution in [0.25, 0.3) is 6.08 Å². The number of hydrogen-bond acceptors (Lipinski definition) is 1. The summed E-state index contributed by atoms with van der Waals surface area (Å²) in [5.41, 5.74) is 9.62. The minimum atomic E-state index is 0.116. The van der Waals surface area contributed by atoms with Crippen molar-refractivity contribution in [2.24, 2.45) is 5.73 Å². The Kier molecular flexibility index (Phi) is 1.33. The molecule has 2 rings (SSSR count). The van der Waals surface area contributed by atoms with Gasteiger partial charge >= 0.3 is 0 Å². The zero-order valence-corrected chi connectivity index (χ0v) is 6.54. The maximum atomic E-state index is 5.81. The minimum Gasteiger partial charge on any atom is -0.321 e. The second-order valence-electron chi connectivity index (χ2n) is 3.02. The van der Waals surface area contributed by atoms with E-state index in [1.165, 1.54) is 16.7 Å². The van der Waals surface area contributed by atoms with E-state index in [2.05, 4.69) is 31.2 Å². The molecular weight excluding hydrogens is 134 g/mol. The first kappa shape index (κ1) is 6.62. The molecule has 1 aliphatic rings. The molecule has 0 fully saturated rings. The summed E-state index contributed by atoms with van der Waals surface area (Å²) in [6, 6.07) is 6.49. The van der Waals surface area contributed by atoms with Crippen molar-refractivity contribution < 1.29 is 0 Å². The molecule has 2 N–H and O–H groups in total.